The van der Waals surface area contributed by atoms with Crippen LogP contribution >= 0.6 is 0 Å². The lowest BCUT2D eigenvalue weighted by atomic mass is 10.0. The molecule has 1 aromatic carbocycles. The molecule has 5 heteroatoms. The minimum atomic E-state index is -0.329. The first kappa shape index (κ1) is 14.2. The van der Waals surface area contributed by atoms with E-state index in [1.54, 1.807) is 18.2 Å². The van der Waals surface area contributed by atoms with Gasteiger partial charge in [0.2, 0.25) is 0 Å². The summed E-state index contributed by atoms with van der Waals surface area (Å²) in [4.78, 5) is 2.18. The van der Waals surface area contributed by atoms with E-state index >= 15 is 0 Å². The minimum absolute atomic E-state index is 0.0515. The Balaban J connectivity index is 2.04. The van der Waals surface area contributed by atoms with Crippen LogP contribution in [0.1, 0.15) is 5.56 Å². The number of likely N-dealkylation sites (N-methyl/N-ethyl adjacent to an activating group) is 1. The van der Waals surface area contributed by atoms with Crippen molar-refractivity contribution in [1.29, 1.82) is 0 Å². The molecule has 1 aromatic rings. The van der Waals surface area contributed by atoms with Gasteiger partial charge in [-0.2, -0.15) is 0 Å². The number of hydrogen-bond acceptors (Lipinski definition) is 4. The van der Waals surface area contributed by atoms with E-state index < -0.39 is 0 Å². The molecule has 2 unspecified atom stereocenters. The van der Waals surface area contributed by atoms with Crippen LogP contribution in [0.15, 0.2) is 18.2 Å². The summed E-state index contributed by atoms with van der Waals surface area (Å²) in [6.45, 7) is 2.37. The average Bonchev–Trinajstić information content (AvgIpc) is 2.41. The predicted molar refractivity (Wildman–Crippen MR) is 71.9 cm³/mol. The maximum atomic E-state index is 14.0. The minimum Gasteiger partial charge on any atom is -0.494 e. The smallest absolute Gasteiger partial charge is 0.168 e. The number of benzene rings is 1. The van der Waals surface area contributed by atoms with Crippen LogP contribution in [-0.4, -0.2) is 50.9 Å². The van der Waals surface area contributed by atoms with Gasteiger partial charge in [0.25, 0.3) is 0 Å². The van der Waals surface area contributed by atoms with Crippen molar-refractivity contribution in [3.63, 3.8) is 0 Å². The average molecular weight is 268 g/mol. The highest BCUT2D eigenvalue weighted by Crippen LogP contribution is 2.22. The second-order valence-electron chi connectivity index (χ2n) is 4.97. The topological polar surface area (TPSA) is 47.7 Å². The summed E-state index contributed by atoms with van der Waals surface area (Å²) in [7, 11) is 3.50. The van der Waals surface area contributed by atoms with Crippen molar-refractivity contribution < 1.29 is 13.9 Å². The molecule has 19 heavy (non-hydrogen) atoms. The van der Waals surface area contributed by atoms with Crippen LogP contribution in [0.4, 0.5) is 4.39 Å². The molecule has 2 N–H and O–H groups in total. The summed E-state index contributed by atoms with van der Waals surface area (Å²) in [5, 5.41) is 0. The van der Waals surface area contributed by atoms with Crippen molar-refractivity contribution in [2.45, 2.75) is 18.6 Å². The van der Waals surface area contributed by atoms with Crippen molar-refractivity contribution in [2.24, 2.45) is 5.73 Å². The van der Waals surface area contributed by atoms with Gasteiger partial charge in [-0.05, 0) is 25.1 Å². The molecule has 1 aliphatic heterocycles. The van der Waals surface area contributed by atoms with Crippen LogP contribution in [-0.2, 0) is 11.2 Å². The Hall–Kier alpha value is -1.17. The molecule has 0 aromatic heterocycles. The molecule has 1 aliphatic rings. The maximum Gasteiger partial charge on any atom is 0.168 e. The molecule has 1 saturated heterocycles. The Kier molecular flexibility index (Phi) is 4.74. The van der Waals surface area contributed by atoms with E-state index in [1.165, 1.54) is 7.11 Å². The zero-order valence-electron chi connectivity index (χ0n) is 11.4. The predicted octanol–water partition coefficient (Wildman–Crippen LogP) is 1.03. The van der Waals surface area contributed by atoms with Gasteiger partial charge in [0.05, 0.1) is 19.8 Å². The number of methoxy groups -OCH3 is 1. The fourth-order valence-electron chi connectivity index (χ4n) is 2.33. The van der Waals surface area contributed by atoms with Crippen LogP contribution in [0.5, 0.6) is 5.75 Å². The molecule has 1 heterocycles. The lowest BCUT2D eigenvalue weighted by molar-refractivity contribution is -0.0320. The second kappa shape index (κ2) is 6.32. The Bertz CT molecular complexity index is 428. The lowest BCUT2D eigenvalue weighted by Gasteiger charge is -2.33. The number of hydrogen-bond donors (Lipinski definition) is 1. The summed E-state index contributed by atoms with van der Waals surface area (Å²) in [6.07, 6.45) is 0.394. The van der Waals surface area contributed by atoms with E-state index in [4.69, 9.17) is 15.2 Å². The van der Waals surface area contributed by atoms with Gasteiger partial charge in [-0.15, -0.1) is 0 Å². The van der Waals surface area contributed by atoms with E-state index in [0.29, 0.717) is 18.6 Å². The molecule has 1 fully saturated rings. The summed E-state index contributed by atoms with van der Waals surface area (Å²) in [5.74, 6) is -0.0732. The first-order valence-corrected chi connectivity index (χ1v) is 6.49. The van der Waals surface area contributed by atoms with Crippen molar-refractivity contribution in [2.75, 3.05) is 33.9 Å². The van der Waals surface area contributed by atoms with Crippen LogP contribution in [0.2, 0.25) is 0 Å². The van der Waals surface area contributed by atoms with Gasteiger partial charge in [0.15, 0.2) is 11.6 Å². The van der Waals surface area contributed by atoms with Gasteiger partial charge in [0.1, 0.15) is 0 Å². The Morgan fingerprint density at radius 2 is 2.37 bits per heavy atom. The molecular formula is C14H21FN2O2. The molecule has 0 radical (unpaired) electrons. The number of halogens is 1. The summed E-state index contributed by atoms with van der Waals surface area (Å²) < 4.78 is 24.7. The lowest BCUT2D eigenvalue weighted by Crippen LogP contribution is -2.50. The van der Waals surface area contributed by atoms with Crippen molar-refractivity contribution >= 4 is 0 Å². The van der Waals surface area contributed by atoms with Crippen molar-refractivity contribution in [1.82, 2.24) is 4.90 Å². The molecule has 2 rings (SSSR count). The largest absolute Gasteiger partial charge is 0.494 e. The van der Waals surface area contributed by atoms with Gasteiger partial charge in [-0.25, -0.2) is 4.39 Å². The van der Waals surface area contributed by atoms with E-state index in [1.807, 2.05) is 7.05 Å². The highest BCUT2D eigenvalue weighted by atomic mass is 19.1. The molecule has 0 spiro atoms. The summed E-state index contributed by atoms with van der Waals surface area (Å²) in [5.41, 5.74) is 6.72. The molecular weight excluding hydrogens is 247 g/mol. The number of nitrogens with two attached hydrogens (primary N) is 1. The van der Waals surface area contributed by atoms with Crippen molar-refractivity contribution in [3.05, 3.63) is 29.6 Å². The first-order chi connectivity index (χ1) is 9.11. The Labute approximate surface area is 113 Å². The SMILES string of the molecule is COc1cccc(CC(N)C2CN(C)CCO2)c1F. The van der Waals surface area contributed by atoms with Gasteiger partial charge in [-0.3, -0.25) is 0 Å². The quantitative estimate of drug-likeness (QED) is 0.886. The molecule has 0 amide bonds. The van der Waals surface area contributed by atoms with Gasteiger partial charge in [-0.1, -0.05) is 12.1 Å². The number of ether oxygens (including phenoxy) is 2. The molecule has 106 valence electrons. The van der Waals surface area contributed by atoms with Gasteiger partial charge in [0, 0.05) is 19.1 Å². The third-order valence-corrected chi connectivity index (χ3v) is 3.49. The fraction of sp³-hybridized carbons (Fsp3) is 0.571. The maximum absolute atomic E-state index is 14.0. The second-order valence-corrected chi connectivity index (χ2v) is 4.97. The summed E-state index contributed by atoms with van der Waals surface area (Å²) in [6, 6.07) is 4.90. The zero-order valence-corrected chi connectivity index (χ0v) is 11.4. The van der Waals surface area contributed by atoms with Crippen LogP contribution < -0.4 is 10.5 Å². The molecule has 2 atom stereocenters. The zero-order chi connectivity index (χ0) is 13.8. The number of morpholine rings is 1. The summed E-state index contributed by atoms with van der Waals surface area (Å²) >= 11 is 0. The molecule has 4 nitrogen and oxygen atoms in total. The molecule has 0 bridgehead atoms. The van der Waals surface area contributed by atoms with E-state index in [2.05, 4.69) is 4.90 Å². The molecule has 0 saturated carbocycles. The van der Waals surface area contributed by atoms with E-state index in [0.717, 1.165) is 13.1 Å². The Morgan fingerprint density at radius 1 is 1.58 bits per heavy atom. The van der Waals surface area contributed by atoms with Crippen LogP contribution in [0, 0.1) is 5.82 Å². The molecule has 0 aliphatic carbocycles. The third kappa shape index (κ3) is 3.43. The van der Waals surface area contributed by atoms with E-state index in [9.17, 15) is 4.39 Å². The monoisotopic (exact) mass is 268 g/mol. The van der Waals surface area contributed by atoms with Crippen molar-refractivity contribution in [3.8, 4) is 5.75 Å². The van der Waals surface area contributed by atoms with Crippen LogP contribution in [0.3, 0.4) is 0 Å². The standard InChI is InChI=1S/C14H21FN2O2/c1-17-6-7-19-13(9-17)11(16)8-10-4-3-5-12(18-2)14(10)15/h3-5,11,13H,6-9,16H2,1-2H3. The third-order valence-electron chi connectivity index (χ3n) is 3.49. The highest BCUT2D eigenvalue weighted by molar-refractivity contribution is 5.31. The first-order valence-electron chi connectivity index (χ1n) is 6.49. The van der Waals surface area contributed by atoms with E-state index in [-0.39, 0.29) is 23.7 Å². The number of rotatable bonds is 4. The highest BCUT2D eigenvalue weighted by Gasteiger charge is 2.25. The van der Waals surface area contributed by atoms with Crippen LogP contribution in [0.25, 0.3) is 0 Å². The van der Waals surface area contributed by atoms with Gasteiger partial charge < -0.3 is 20.1 Å². The fourth-order valence-corrected chi connectivity index (χ4v) is 2.33. The Morgan fingerprint density at radius 3 is 3.05 bits per heavy atom. The normalized spacial score (nSPS) is 22.2. The number of nitrogens with zero attached hydrogens (tertiary/aromatic N) is 1. The van der Waals surface area contributed by atoms with Gasteiger partial charge >= 0.3 is 0 Å².